The molecule has 1 aliphatic rings. The fraction of sp³-hybridized carbons (Fsp3) is 1.00. The normalized spacial score (nSPS) is 30.6. The van der Waals surface area contributed by atoms with Gasteiger partial charge in [-0.3, -0.25) is 0 Å². The molecule has 0 radical (unpaired) electrons. The fourth-order valence-corrected chi connectivity index (χ4v) is 3.32. The van der Waals surface area contributed by atoms with Gasteiger partial charge in [-0.05, 0) is 37.0 Å². The first-order chi connectivity index (χ1) is 8.80. The van der Waals surface area contributed by atoms with Gasteiger partial charge >= 0.3 is 0 Å². The highest BCUT2D eigenvalue weighted by Crippen LogP contribution is 2.47. The molecule has 4 nitrogen and oxygen atoms in total. The smallest absolute Gasteiger partial charge is 0.183 e. The molecule has 19 heavy (non-hydrogen) atoms. The average molecular weight is 273 g/mol. The Bertz CT molecular complexity index is 263. The number of aliphatic hydroxyl groups is 1. The maximum absolute atomic E-state index is 10.5. The number of nitrogens with two attached hydrogens (primary N) is 1. The van der Waals surface area contributed by atoms with Crippen molar-refractivity contribution in [2.45, 2.75) is 58.8 Å². The van der Waals surface area contributed by atoms with E-state index in [4.69, 9.17) is 15.2 Å². The first-order valence-electron chi connectivity index (χ1n) is 7.24. The Hall–Kier alpha value is -0.160. The van der Waals surface area contributed by atoms with Crippen LogP contribution in [0.2, 0.25) is 0 Å². The van der Waals surface area contributed by atoms with Crippen molar-refractivity contribution in [1.29, 1.82) is 0 Å². The van der Waals surface area contributed by atoms with Crippen molar-refractivity contribution in [3.05, 3.63) is 0 Å². The van der Waals surface area contributed by atoms with E-state index in [1.54, 1.807) is 14.2 Å². The maximum atomic E-state index is 10.5. The second-order valence-corrected chi connectivity index (χ2v) is 6.99. The third kappa shape index (κ3) is 3.69. The Morgan fingerprint density at radius 3 is 2.00 bits per heavy atom. The van der Waals surface area contributed by atoms with E-state index in [2.05, 4.69) is 20.8 Å². The molecule has 0 heterocycles. The summed E-state index contributed by atoms with van der Waals surface area (Å²) in [6, 6.07) is 0. The third-order valence-electron chi connectivity index (χ3n) is 4.96. The zero-order chi connectivity index (χ0) is 14.7. The first kappa shape index (κ1) is 16.9. The Labute approximate surface area is 117 Å². The lowest BCUT2D eigenvalue weighted by atomic mass is 9.62. The average Bonchev–Trinajstić information content (AvgIpc) is 2.39. The van der Waals surface area contributed by atoms with Gasteiger partial charge in [0.05, 0.1) is 0 Å². The lowest BCUT2D eigenvalue weighted by molar-refractivity contribution is -0.204. The Balaban J connectivity index is 2.75. The van der Waals surface area contributed by atoms with E-state index in [-0.39, 0.29) is 5.41 Å². The number of methoxy groups -OCH3 is 2. The Morgan fingerprint density at radius 1 is 1.21 bits per heavy atom. The van der Waals surface area contributed by atoms with Crippen LogP contribution in [0.5, 0.6) is 0 Å². The van der Waals surface area contributed by atoms with Gasteiger partial charge in [0, 0.05) is 26.2 Å². The molecule has 0 aromatic heterocycles. The Morgan fingerprint density at radius 2 is 1.68 bits per heavy atom. The quantitative estimate of drug-likeness (QED) is 0.753. The van der Waals surface area contributed by atoms with E-state index < -0.39 is 12.4 Å². The molecule has 0 amide bonds. The van der Waals surface area contributed by atoms with Crippen LogP contribution in [0.4, 0.5) is 0 Å². The number of hydrogen-bond donors (Lipinski definition) is 2. The largest absolute Gasteiger partial charge is 0.387 e. The van der Waals surface area contributed by atoms with Crippen LogP contribution in [0.3, 0.4) is 0 Å². The van der Waals surface area contributed by atoms with Crippen molar-refractivity contribution >= 4 is 0 Å². The molecule has 0 aromatic carbocycles. The summed E-state index contributed by atoms with van der Waals surface area (Å²) in [5.74, 6) is 0.697. The molecule has 3 N–H and O–H groups in total. The van der Waals surface area contributed by atoms with Crippen molar-refractivity contribution in [3.63, 3.8) is 0 Å². The van der Waals surface area contributed by atoms with Gasteiger partial charge in [-0.2, -0.15) is 0 Å². The standard InChI is InChI=1S/C15H31NO3/c1-14(2,3)11-6-8-15(10-16,9-7-11)12(17)13(18-4)19-5/h11-13,17H,6-10,16H2,1-5H3. The van der Waals surface area contributed by atoms with Crippen molar-refractivity contribution in [2.24, 2.45) is 22.5 Å². The molecule has 0 saturated heterocycles. The first-order valence-corrected chi connectivity index (χ1v) is 7.24. The topological polar surface area (TPSA) is 64.7 Å². The van der Waals surface area contributed by atoms with E-state index in [9.17, 15) is 5.11 Å². The van der Waals surface area contributed by atoms with Crippen molar-refractivity contribution in [2.75, 3.05) is 20.8 Å². The maximum Gasteiger partial charge on any atom is 0.183 e. The molecule has 0 spiro atoms. The summed E-state index contributed by atoms with van der Waals surface area (Å²) in [7, 11) is 3.12. The van der Waals surface area contributed by atoms with Crippen LogP contribution in [-0.4, -0.2) is 38.3 Å². The fourth-order valence-electron chi connectivity index (χ4n) is 3.32. The second-order valence-electron chi connectivity index (χ2n) is 6.99. The summed E-state index contributed by atoms with van der Waals surface area (Å²) in [5.41, 5.74) is 6.03. The van der Waals surface area contributed by atoms with Crippen LogP contribution in [-0.2, 0) is 9.47 Å². The summed E-state index contributed by atoms with van der Waals surface area (Å²) in [6.45, 7) is 7.35. The van der Waals surface area contributed by atoms with Gasteiger partial charge in [-0.1, -0.05) is 20.8 Å². The molecule has 114 valence electrons. The second kappa shape index (κ2) is 6.53. The summed E-state index contributed by atoms with van der Waals surface area (Å²) in [5, 5.41) is 10.5. The third-order valence-corrected chi connectivity index (χ3v) is 4.96. The number of aliphatic hydroxyl groups excluding tert-OH is 1. The van der Waals surface area contributed by atoms with E-state index in [0.29, 0.717) is 17.9 Å². The molecule has 0 aliphatic heterocycles. The van der Waals surface area contributed by atoms with Gasteiger partial charge in [0.15, 0.2) is 6.29 Å². The van der Waals surface area contributed by atoms with Crippen LogP contribution in [0.25, 0.3) is 0 Å². The highest BCUT2D eigenvalue weighted by molar-refractivity contribution is 4.95. The van der Waals surface area contributed by atoms with Crippen LogP contribution in [0.15, 0.2) is 0 Å². The molecule has 1 unspecified atom stereocenters. The minimum absolute atomic E-state index is 0.265. The van der Waals surface area contributed by atoms with Crippen molar-refractivity contribution in [1.82, 2.24) is 0 Å². The van der Waals surface area contributed by atoms with Crippen LogP contribution in [0, 0.1) is 16.7 Å². The van der Waals surface area contributed by atoms with Gasteiger partial charge in [-0.15, -0.1) is 0 Å². The van der Waals surface area contributed by atoms with Crippen molar-refractivity contribution in [3.8, 4) is 0 Å². The number of hydrogen-bond acceptors (Lipinski definition) is 4. The molecule has 0 bridgehead atoms. The molecular formula is C15H31NO3. The summed E-state index contributed by atoms with van der Waals surface area (Å²) < 4.78 is 10.4. The molecule has 0 aromatic rings. The molecule has 4 heteroatoms. The minimum atomic E-state index is -0.659. The van der Waals surface area contributed by atoms with Gasteiger partial charge in [0.25, 0.3) is 0 Å². The number of ether oxygens (including phenoxy) is 2. The highest BCUT2D eigenvalue weighted by Gasteiger charge is 2.45. The van der Waals surface area contributed by atoms with Crippen molar-refractivity contribution < 1.29 is 14.6 Å². The Kier molecular flexibility index (Phi) is 5.80. The number of rotatable bonds is 5. The summed E-state index contributed by atoms with van der Waals surface area (Å²) in [6.07, 6.45) is 2.85. The lowest BCUT2D eigenvalue weighted by Crippen LogP contribution is -2.51. The molecule has 1 saturated carbocycles. The SMILES string of the molecule is COC(OC)C(O)C1(CN)CCC(C(C)(C)C)CC1. The zero-order valence-electron chi connectivity index (χ0n) is 13.1. The highest BCUT2D eigenvalue weighted by atomic mass is 16.7. The van der Waals surface area contributed by atoms with Gasteiger partial charge < -0.3 is 20.3 Å². The lowest BCUT2D eigenvalue weighted by Gasteiger charge is -2.47. The van der Waals surface area contributed by atoms with E-state index in [1.807, 2.05) is 0 Å². The zero-order valence-corrected chi connectivity index (χ0v) is 13.1. The molecular weight excluding hydrogens is 242 g/mol. The van der Waals surface area contributed by atoms with E-state index in [1.165, 1.54) is 0 Å². The summed E-state index contributed by atoms with van der Waals surface area (Å²) in [4.78, 5) is 0. The van der Waals surface area contributed by atoms with Crippen LogP contribution < -0.4 is 5.73 Å². The monoisotopic (exact) mass is 273 g/mol. The predicted octanol–water partition coefficient (Wildman–Crippen LogP) is 2.15. The van der Waals surface area contributed by atoms with Gasteiger partial charge in [0.2, 0.25) is 0 Å². The van der Waals surface area contributed by atoms with E-state index >= 15 is 0 Å². The summed E-state index contributed by atoms with van der Waals surface area (Å²) >= 11 is 0. The van der Waals surface area contributed by atoms with Gasteiger partial charge in [-0.25, -0.2) is 0 Å². The predicted molar refractivity (Wildman–Crippen MR) is 76.7 cm³/mol. The minimum Gasteiger partial charge on any atom is -0.387 e. The molecule has 1 fully saturated rings. The van der Waals surface area contributed by atoms with Gasteiger partial charge in [0.1, 0.15) is 6.10 Å². The molecule has 1 aliphatic carbocycles. The van der Waals surface area contributed by atoms with E-state index in [0.717, 1.165) is 25.7 Å². The van der Waals surface area contributed by atoms with Crippen LogP contribution >= 0.6 is 0 Å². The molecule has 1 rings (SSSR count). The molecule has 1 atom stereocenters. The van der Waals surface area contributed by atoms with Crippen LogP contribution in [0.1, 0.15) is 46.5 Å².